The molecule has 156 valence electrons. The molecular formula is C22H35FN4O. The molecule has 1 unspecified atom stereocenters. The summed E-state index contributed by atoms with van der Waals surface area (Å²) in [5, 5.41) is 6.80. The monoisotopic (exact) mass is 390 g/mol. The maximum Gasteiger partial charge on any atom is 0.191 e. The number of benzene rings is 1. The van der Waals surface area contributed by atoms with Crippen LogP contribution in [0.1, 0.15) is 56.7 Å². The Morgan fingerprint density at radius 2 is 2.00 bits per heavy atom. The summed E-state index contributed by atoms with van der Waals surface area (Å²) in [6.07, 6.45) is 4.63. The Hall–Kier alpha value is -1.66. The van der Waals surface area contributed by atoms with Crippen molar-refractivity contribution >= 4 is 5.96 Å². The molecule has 1 atom stereocenters. The molecular weight excluding hydrogens is 355 g/mol. The van der Waals surface area contributed by atoms with Gasteiger partial charge in [-0.3, -0.25) is 9.89 Å². The van der Waals surface area contributed by atoms with Gasteiger partial charge in [-0.1, -0.05) is 12.1 Å². The van der Waals surface area contributed by atoms with Crippen LogP contribution in [0.4, 0.5) is 4.39 Å². The third kappa shape index (κ3) is 5.03. The summed E-state index contributed by atoms with van der Waals surface area (Å²) >= 11 is 0. The number of nitrogens with zero attached hydrogens (tertiary/aromatic N) is 2. The number of rotatable bonds is 6. The summed E-state index contributed by atoms with van der Waals surface area (Å²) in [6.45, 7) is 11.4. The molecule has 1 aromatic carbocycles. The van der Waals surface area contributed by atoms with E-state index in [-0.39, 0.29) is 17.4 Å². The van der Waals surface area contributed by atoms with E-state index < -0.39 is 0 Å². The van der Waals surface area contributed by atoms with Crippen LogP contribution in [0.15, 0.2) is 23.2 Å². The standard InChI is InChI=1S/C22H35FN4O/c1-4-24-21(26-18(3)19-8-7-17(2)20(23)15-19)25-16-22(9-13-28-14-10-22)27-11-5-6-12-27/h7-8,15,18H,4-6,9-14,16H2,1-3H3,(H2,24,25,26). The van der Waals surface area contributed by atoms with Crippen molar-refractivity contribution < 1.29 is 9.13 Å². The van der Waals surface area contributed by atoms with Gasteiger partial charge in [-0.05, 0) is 76.7 Å². The Balaban J connectivity index is 1.72. The zero-order chi connectivity index (χ0) is 20.0. The lowest BCUT2D eigenvalue weighted by Gasteiger charge is -2.43. The Morgan fingerprint density at radius 3 is 2.64 bits per heavy atom. The van der Waals surface area contributed by atoms with Gasteiger partial charge in [-0.25, -0.2) is 4.39 Å². The van der Waals surface area contributed by atoms with Crippen molar-refractivity contribution in [2.24, 2.45) is 4.99 Å². The number of hydrogen-bond donors (Lipinski definition) is 2. The van der Waals surface area contributed by atoms with Gasteiger partial charge in [0, 0.05) is 25.3 Å². The van der Waals surface area contributed by atoms with Crippen LogP contribution in [0.5, 0.6) is 0 Å². The van der Waals surface area contributed by atoms with Crippen molar-refractivity contribution in [3.8, 4) is 0 Å². The van der Waals surface area contributed by atoms with E-state index >= 15 is 0 Å². The highest BCUT2D eigenvalue weighted by Crippen LogP contribution is 2.31. The highest BCUT2D eigenvalue weighted by molar-refractivity contribution is 5.80. The minimum Gasteiger partial charge on any atom is -0.381 e. The minimum atomic E-state index is -0.164. The molecule has 0 bridgehead atoms. The van der Waals surface area contributed by atoms with Gasteiger partial charge < -0.3 is 15.4 Å². The molecule has 0 saturated carbocycles. The fourth-order valence-electron chi connectivity index (χ4n) is 4.23. The fraction of sp³-hybridized carbons (Fsp3) is 0.682. The first-order valence-electron chi connectivity index (χ1n) is 10.7. The summed E-state index contributed by atoms with van der Waals surface area (Å²) < 4.78 is 19.6. The van der Waals surface area contributed by atoms with Crippen LogP contribution >= 0.6 is 0 Å². The van der Waals surface area contributed by atoms with Crippen molar-refractivity contribution in [2.45, 2.75) is 58.0 Å². The Kier molecular flexibility index (Phi) is 7.30. The smallest absolute Gasteiger partial charge is 0.191 e. The number of guanidine groups is 1. The van der Waals surface area contributed by atoms with E-state index in [0.717, 1.165) is 50.7 Å². The number of aliphatic imine (C=N–C) groups is 1. The van der Waals surface area contributed by atoms with Crippen molar-refractivity contribution in [3.63, 3.8) is 0 Å². The van der Waals surface area contributed by atoms with Crippen LogP contribution in [-0.4, -0.2) is 55.8 Å². The molecule has 2 saturated heterocycles. The summed E-state index contributed by atoms with van der Waals surface area (Å²) in [5.74, 6) is 0.629. The van der Waals surface area contributed by atoms with Crippen molar-refractivity contribution in [1.29, 1.82) is 0 Å². The van der Waals surface area contributed by atoms with E-state index in [1.54, 1.807) is 13.0 Å². The van der Waals surface area contributed by atoms with Crippen molar-refractivity contribution in [2.75, 3.05) is 39.4 Å². The lowest BCUT2D eigenvalue weighted by atomic mass is 9.88. The maximum atomic E-state index is 13.9. The van der Waals surface area contributed by atoms with E-state index in [1.807, 2.05) is 19.1 Å². The first-order valence-corrected chi connectivity index (χ1v) is 10.7. The van der Waals surface area contributed by atoms with Crippen LogP contribution in [0.2, 0.25) is 0 Å². The zero-order valence-corrected chi connectivity index (χ0v) is 17.6. The second-order valence-electron chi connectivity index (χ2n) is 8.10. The van der Waals surface area contributed by atoms with Crippen LogP contribution in [0, 0.1) is 12.7 Å². The lowest BCUT2D eigenvalue weighted by molar-refractivity contribution is -0.0139. The molecule has 0 radical (unpaired) electrons. The molecule has 0 aromatic heterocycles. The van der Waals surface area contributed by atoms with Gasteiger partial charge in [-0.15, -0.1) is 0 Å². The summed E-state index contributed by atoms with van der Waals surface area (Å²) in [6, 6.07) is 5.40. The van der Waals surface area contributed by atoms with Crippen molar-refractivity contribution in [1.82, 2.24) is 15.5 Å². The highest BCUT2D eigenvalue weighted by atomic mass is 19.1. The largest absolute Gasteiger partial charge is 0.381 e. The van der Waals surface area contributed by atoms with Crippen molar-refractivity contribution in [3.05, 3.63) is 35.1 Å². The van der Waals surface area contributed by atoms with E-state index in [4.69, 9.17) is 9.73 Å². The van der Waals surface area contributed by atoms with Crippen LogP contribution < -0.4 is 10.6 Å². The zero-order valence-electron chi connectivity index (χ0n) is 17.6. The lowest BCUT2D eigenvalue weighted by Crippen LogP contribution is -2.54. The maximum absolute atomic E-state index is 13.9. The van der Waals surface area contributed by atoms with Crippen LogP contribution in [0.25, 0.3) is 0 Å². The summed E-state index contributed by atoms with van der Waals surface area (Å²) in [5.41, 5.74) is 1.70. The minimum absolute atomic E-state index is 0.0228. The molecule has 0 aliphatic carbocycles. The number of aryl methyl sites for hydroxylation is 1. The predicted molar refractivity (Wildman–Crippen MR) is 112 cm³/mol. The van der Waals surface area contributed by atoms with E-state index in [1.165, 1.54) is 25.9 Å². The SMILES string of the molecule is CCNC(=NCC1(N2CCCC2)CCOCC1)NC(C)c1ccc(C)c(F)c1. The third-order valence-corrected chi connectivity index (χ3v) is 6.13. The molecule has 6 heteroatoms. The van der Waals surface area contributed by atoms with Crippen LogP contribution in [0.3, 0.4) is 0 Å². The number of hydrogen-bond acceptors (Lipinski definition) is 3. The molecule has 1 aromatic rings. The topological polar surface area (TPSA) is 48.9 Å². The summed E-state index contributed by atoms with van der Waals surface area (Å²) in [7, 11) is 0. The molecule has 2 heterocycles. The number of ether oxygens (including phenoxy) is 1. The van der Waals surface area contributed by atoms with E-state index in [9.17, 15) is 4.39 Å². The van der Waals surface area contributed by atoms with Gasteiger partial charge in [0.25, 0.3) is 0 Å². The second-order valence-corrected chi connectivity index (χ2v) is 8.10. The van der Waals surface area contributed by atoms with Gasteiger partial charge in [0.15, 0.2) is 5.96 Å². The third-order valence-electron chi connectivity index (χ3n) is 6.13. The molecule has 3 rings (SSSR count). The predicted octanol–water partition coefficient (Wildman–Crippen LogP) is 3.40. The quantitative estimate of drug-likeness (QED) is 0.577. The number of nitrogens with one attached hydrogen (secondary N) is 2. The normalized spacial score (nSPS) is 21.5. The fourth-order valence-corrected chi connectivity index (χ4v) is 4.23. The average Bonchev–Trinajstić information content (AvgIpc) is 3.25. The summed E-state index contributed by atoms with van der Waals surface area (Å²) in [4.78, 5) is 7.59. The molecule has 28 heavy (non-hydrogen) atoms. The second kappa shape index (κ2) is 9.70. The van der Waals surface area contributed by atoms with Gasteiger partial charge in [0.2, 0.25) is 0 Å². The van der Waals surface area contributed by atoms with Gasteiger partial charge >= 0.3 is 0 Å². The van der Waals surface area contributed by atoms with Gasteiger partial charge in [0.1, 0.15) is 5.82 Å². The highest BCUT2D eigenvalue weighted by Gasteiger charge is 2.39. The molecule has 2 N–H and O–H groups in total. The first kappa shape index (κ1) is 21.1. The van der Waals surface area contributed by atoms with E-state index in [2.05, 4.69) is 22.5 Å². The molecule has 2 fully saturated rings. The van der Waals surface area contributed by atoms with Crippen LogP contribution in [-0.2, 0) is 4.74 Å². The first-order chi connectivity index (χ1) is 13.5. The van der Waals surface area contributed by atoms with Gasteiger partial charge in [-0.2, -0.15) is 0 Å². The number of likely N-dealkylation sites (tertiary alicyclic amines) is 1. The Labute approximate surface area is 168 Å². The molecule has 0 spiro atoms. The number of halogens is 1. The molecule has 2 aliphatic rings. The molecule has 5 nitrogen and oxygen atoms in total. The molecule has 0 amide bonds. The van der Waals surface area contributed by atoms with Gasteiger partial charge in [0.05, 0.1) is 12.6 Å². The Bertz CT molecular complexity index is 667. The molecule has 2 aliphatic heterocycles. The van der Waals surface area contributed by atoms with E-state index in [0.29, 0.717) is 5.56 Å². The average molecular weight is 391 g/mol. The Morgan fingerprint density at radius 1 is 1.29 bits per heavy atom.